The van der Waals surface area contributed by atoms with Gasteiger partial charge in [0.2, 0.25) is 0 Å². The van der Waals surface area contributed by atoms with E-state index in [1.54, 1.807) is 36.4 Å². The molecule has 2 aromatic carbocycles. The molecule has 5 nitrogen and oxygen atoms in total. The van der Waals surface area contributed by atoms with E-state index in [1.807, 2.05) is 0 Å². The molecule has 0 amide bonds. The van der Waals surface area contributed by atoms with E-state index in [0.717, 1.165) is 0 Å². The van der Waals surface area contributed by atoms with Gasteiger partial charge in [0.15, 0.2) is 5.69 Å². The van der Waals surface area contributed by atoms with Crippen LogP contribution in [-0.4, -0.2) is 4.92 Å². The van der Waals surface area contributed by atoms with Gasteiger partial charge in [0, 0.05) is 11.1 Å². The lowest BCUT2D eigenvalue weighted by Crippen LogP contribution is -1.86. The molecule has 0 bridgehead atoms. The molecule has 0 saturated heterocycles. The van der Waals surface area contributed by atoms with Gasteiger partial charge in [-0.15, -0.1) is 5.11 Å². The largest absolute Gasteiger partial charge is 0.296 e. The molecule has 0 fully saturated rings. The van der Waals surface area contributed by atoms with E-state index in [2.05, 4.69) is 10.2 Å². The van der Waals surface area contributed by atoms with E-state index in [9.17, 15) is 10.1 Å². The molecule has 0 aliphatic carbocycles. The van der Waals surface area contributed by atoms with Crippen molar-refractivity contribution in [1.29, 1.82) is 0 Å². The van der Waals surface area contributed by atoms with Crippen molar-refractivity contribution in [3.05, 3.63) is 63.7 Å². The molecule has 18 heavy (non-hydrogen) atoms. The molecule has 90 valence electrons. The highest BCUT2D eigenvalue weighted by molar-refractivity contribution is 6.30. The van der Waals surface area contributed by atoms with Crippen LogP contribution in [0.15, 0.2) is 58.8 Å². The number of halogens is 1. The third kappa shape index (κ3) is 2.89. The van der Waals surface area contributed by atoms with Crippen LogP contribution in [0.3, 0.4) is 0 Å². The third-order valence-corrected chi connectivity index (χ3v) is 2.43. The molecule has 0 heterocycles. The summed E-state index contributed by atoms with van der Waals surface area (Å²) in [6.45, 7) is 0. The molecule has 2 aromatic rings. The maximum atomic E-state index is 10.8. The van der Waals surface area contributed by atoms with Crippen LogP contribution in [-0.2, 0) is 0 Å². The van der Waals surface area contributed by atoms with Crippen LogP contribution >= 0.6 is 11.6 Å². The molecule has 0 aliphatic heterocycles. The summed E-state index contributed by atoms with van der Waals surface area (Å²) in [5.74, 6) is 0. The summed E-state index contributed by atoms with van der Waals surface area (Å²) < 4.78 is 0. The Balaban J connectivity index is 2.29. The van der Waals surface area contributed by atoms with Gasteiger partial charge in [0.1, 0.15) is 0 Å². The Labute approximate surface area is 108 Å². The predicted octanol–water partition coefficient (Wildman–Crippen LogP) is 4.66. The molecule has 0 aromatic heterocycles. The van der Waals surface area contributed by atoms with Gasteiger partial charge < -0.3 is 0 Å². The first-order valence-electron chi connectivity index (χ1n) is 5.07. The fourth-order valence-corrected chi connectivity index (χ4v) is 1.45. The van der Waals surface area contributed by atoms with Gasteiger partial charge in [-0.05, 0) is 30.3 Å². The molecule has 0 atom stereocenters. The Kier molecular flexibility index (Phi) is 3.64. The van der Waals surface area contributed by atoms with Crippen molar-refractivity contribution in [1.82, 2.24) is 0 Å². The summed E-state index contributed by atoms with van der Waals surface area (Å²) in [6.07, 6.45) is 0. The number of para-hydroxylation sites is 1. The highest BCUT2D eigenvalue weighted by Gasteiger charge is 2.11. The van der Waals surface area contributed by atoms with E-state index in [4.69, 9.17) is 11.6 Å². The highest BCUT2D eigenvalue weighted by atomic mass is 35.5. The molecule has 0 radical (unpaired) electrons. The van der Waals surface area contributed by atoms with Gasteiger partial charge in [0.25, 0.3) is 5.69 Å². The topological polar surface area (TPSA) is 67.9 Å². The Hall–Kier alpha value is -2.27. The summed E-state index contributed by atoms with van der Waals surface area (Å²) in [6, 6.07) is 12.9. The Morgan fingerprint density at radius 2 is 1.67 bits per heavy atom. The SMILES string of the molecule is O=[N+]([O-])c1ccccc1N=Nc1ccc(Cl)cc1. The molecule has 2 rings (SSSR count). The molecular formula is C12H8ClN3O2. The van der Waals surface area contributed by atoms with E-state index in [0.29, 0.717) is 10.7 Å². The molecule has 0 aliphatic rings. The highest BCUT2D eigenvalue weighted by Crippen LogP contribution is 2.28. The van der Waals surface area contributed by atoms with Gasteiger partial charge in [-0.3, -0.25) is 10.1 Å². The van der Waals surface area contributed by atoms with Crippen LogP contribution in [0.25, 0.3) is 0 Å². The second kappa shape index (κ2) is 5.37. The quantitative estimate of drug-likeness (QED) is 0.458. The second-order valence-corrected chi connectivity index (χ2v) is 3.86. The van der Waals surface area contributed by atoms with Crippen LogP contribution < -0.4 is 0 Å². The molecular weight excluding hydrogens is 254 g/mol. The van der Waals surface area contributed by atoms with Gasteiger partial charge >= 0.3 is 0 Å². The molecule has 0 saturated carbocycles. The smallest absolute Gasteiger partial charge is 0.258 e. The first kappa shape index (κ1) is 12.2. The fourth-order valence-electron chi connectivity index (χ4n) is 1.32. The van der Waals surface area contributed by atoms with Crippen LogP contribution in [0.1, 0.15) is 0 Å². The van der Waals surface area contributed by atoms with Gasteiger partial charge in [-0.1, -0.05) is 23.7 Å². The normalized spacial score (nSPS) is 10.7. The number of azo groups is 1. The second-order valence-electron chi connectivity index (χ2n) is 3.42. The van der Waals surface area contributed by atoms with Gasteiger partial charge in [-0.2, -0.15) is 5.11 Å². The third-order valence-electron chi connectivity index (χ3n) is 2.18. The Bertz CT molecular complexity index is 597. The van der Waals surface area contributed by atoms with E-state index >= 15 is 0 Å². The van der Waals surface area contributed by atoms with Crippen LogP contribution in [0.5, 0.6) is 0 Å². The van der Waals surface area contributed by atoms with Crippen molar-refractivity contribution in [2.45, 2.75) is 0 Å². The number of hydrogen-bond donors (Lipinski definition) is 0. The molecule has 6 heteroatoms. The van der Waals surface area contributed by atoms with Crippen molar-refractivity contribution in [3.8, 4) is 0 Å². The Morgan fingerprint density at radius 3 is 2.33 bits per heavy atom. The first-order chi connectivity index (χ1) is 8.66. The number of benzene rings is 2. The van der Waals surface area contributed by atoms with Crippen LogP contribution in [0.2, 0.25) is 5.02 Å². The lowest BCUT2D eigenvalue weighted by molar-refractivity contribution is -0.384. The maximum absolute atomic E-state index is 10.8. The minimum absolute atomic E-state index is 0.0739. The number of rotatable bonds is 3. The maximum Gasteiger partial charge on any atom is 0.296 e. The Morgan fingerprint density at radius 1 is 1.00 bits per heavy atom. The van der Waals surface area contributed by atoms with Crippen molar-refractivity contribution in [2.24, 2.45) is 10.2 Å². The lowest BCUT2D eigenvalue weighted by atomic mass is 10.3. The summed E-state index contributed by atoms with van der Waals surface area (Å²) >= 11 is 5.73. The van der Waals surface area contributed by atoms with E-state index in [1.165, 1.54) is 12.1 Å². The monoisotopic (exact) mass is 261 g/mol. The minimum Gasteiger partial charge on any atom is -0.258 e. The zero-order chi connectivity index (χ0) is 13.0. The van der Waals surface area contributed by atoms with E-state index in [-0.39, 0.29) is 11.4 Å². The summed E-state index contributed by atoms with van der Waals surface area (Å²) in [4.78, 5) is 10.3. The first-order valence-corrected chi connectivity index (χ1v) is 5.45. The average molecular weight is 262 g/mol. The van der Waals surface area contributed by atoms with Gasteiger partial charge in [-0.25, -0.2) is 0 Å². The zero-order valence-corrected chi connectivity index (χ0v) is 9.91. The standard InChI is InChI=1S/C12H8ClN3O2/c13-9-5-7-10(8-6-9)14-15-11-3-1-2-4-12(11)16(17)18/h1-8H. The minimum atomic E-state index is -0.490. The van der Waals surface area contributed by atoms with Crippen molar-refractivity contribution in [3.63, 3.8) is 0 Å². The number of nitrogens with zero attached hydrogens (tertiary/aromatic N) is 3. The zero-order valence-electron chi connectivity index (χ0n) is 9.15. The van der Waals surface area contributed by atoms with Gasteiger partial charge in [0.05, 0.1) is 10.6 Å². The fraction of sp³-hybridized carbons (Fsp3) is 0. The predicted molar refractivity (Wildman–Crippen MR) is 68.7 cm³/mol. The van der Waals surface area contributed by atoms with Crippen molar-refractivity contribution in [2.75, 3.05) is 0 Å². The van der Waals surface area contributed by atoms with Crippen LogP contribution in [0, 0.1) is 10.1 Å². The summed E-state index contributed by atoms with van der Waals surface area (Å²) in [5.41, 5.74) is 0.727. The average Bonchev–Trinajstić information content (AvgIpc) is 2.38. The van der Waals surface area contributed by atoms with Crippen LogP contribution in [0.4, 0.5) is 17.1 Å². The summed E-state index contributed by atoms with van der Waals surface area (Å²) in [7, 11) is 0. The lowest BCUT2D eigenvalue weighted by Gasteiger charge is -1.95. The molecule has 0 N–H and O–H groups in total. The van der Waals surface area contributed by atoms with Crippen molar-refractivity contribution >= 4 is 28.7 Å². The number of hydrogen-bond acceptors (Lipinski definition) is 4. The number of nitro groups is 1. The summed E-state index contributed by atoms with van der Waals surface area (Å²) in [5, 5.41) is 19.2. The van der Waals surface area contributed by atoms with Crippen molar-refractivity contribution < 1.29 is 4.92 Å². The molecule has 0 unspecified atom stereocenters. The van der Waals surface area contributed by atoms with E-state index < -0.39 is 4.92 Å². The number of nitro benzene ring substituents is 1. The molecule has 0 spiro atoms.